The van der Waals surface area contributed by atoms with Gasteiger partial charge in [-0.2, -0.15) is 0 Å². The molecule has 0 bridgehead atoms. The van der Waals surface area contributed by atoms with Crippen LogP contribution in [0.1, 0.15) is 32.1 Å². The second-order valence-electron chi connectivity index (χ2n) is 7.25. The Hall–Kier alpha value is -2.61. The number of rotatable bonds is 5. The van der Waals surface area contributed by atoms with Crippen molar-refractivity contribution >= 4 is 38.4 Å². The van der Waals surface area contributed by atoms with E-state index in [-0.39, 0.29) is 17.9 Å². The summed E-state index contributed by atoms with van der Waals surface area (Å²) in [5.41, 5.74) is -0.303. The lowest BCUT2D eigenvalue weighted by Gasteiger charge is -2.30. The molecule has 0 radical (unpaired) electrons. The molecule has 1 aliphatic heterocycles. The standard InChI is InChI=1S/C19H20N2O5S/c22-16(20-19(11-17(23)24)9-1-2-10-19)12-21-14-7-3-5-13-6-4-8-15(18(13)14)27(21,25)26/h3-8H,1-2,9-12H2,(H,20,22)(H,23,24). The second-order valence-corrected chi connectivity index (χ2v) is 9.08. The topological polar surface area (TPSA) is 104 Å². The number of carboxylic acid groups (broad SMARTS) is 1. The molecule has 8 heteroatoms. The molecule has 2 aromatic rings. The molecule has 0 saturated heterocycles. The van der Waals surface area contributed by atoms with Crippen LogP contribution in [0.3, 0.4) is 0 Å². The first-order valence-corrected chi connectivity index (χ1v) is 10.3. The van der Waals surface area contributed by atoms with Gasteiger partial charge in [0.25, 0.3) is 10.0 Å². The third-order valence-corrected chi connectivity index (χ3v) is 7.23. The van der Waals surface area contributed by atoms with Crippen molar-refractivity contribution in [3.05, 3.63) is 36.4 Å². The van der Waals surface area contributed by atoms with Crippen molar-refractivity contribution in [2.45, 2.75) is 42.5 Å². The third kappa shape index (κ3) is 2.93. The Labute approximate surface area is 157 Å². The first-order chi connectivity index (χ1) is 12.8. The van der Waals surface area contributed by atoms with E-state index in [0.29, 0.717) is 23.9 Å². The zero-order valence-electron chi connectivity index (χ0n) is 14.6. The number of hydrogen-bond donors (Lipinski definition) is 2. The second kappa shape index (κ2) is 6.23. The Balaban J connectivity index is 1.62. The molecule has 2 N–H and O–H groups in total. The van der Waals surface area contributed by atoms with Crippen molar-refractivity contribution in [2.24, 2.45) is 0 Å². The van der Waals surface area contributed by atoms with Gasteiger partial charge in [-0.05, 0) is 30.4 Å². The van der Waals surface area contributed by atoms with Gasteiger partial charge in [-0.3, -0.25) is 13.9 Å². The smallest absolute Gasteiger partial charge is 0.305 e. The van der Waals surface area contributed by atoms with Gasteiger partial charge in [0.15, 0.2) is 0 Å². The maximum absolute atomic E-state index is 12.9. The van der Waals surface area contributed by atoms with E-state index in [4.69, 9.17) is 0 Å². The van der Waals surface area contributed by atoms with E-state index in [1.54, 1.807) is 24.3 Å². The van der Waals surface area contributed by atoms with Gasteiger partial charge in [0.1, 0.15) is 6.54 Å². The zero-order valence-corrected chi connectivity index (χ0v) is 15.5. The SMILES string of the molecule is O=C(O)CC1(NC(=O)CN2c3cccc4cccc(c34)S2(=O)=O)CCCC1. The molecule has 1 saturated carbocycles. The first-order valence-electron chi connectivity index (χ1n) is 8.90. The Morgan fingerprint density at radius 3 is 2.44 bits per heavy atom. The monoisotopic (exact) mass is 388 g/mol. The molecular weight excluding hydrogens is 368 g/mol. The maximum Gasteiger partial charge on any atom is 0.305 e. The van der Waals surface area contributed by atoms with Gasteiger partial charge in [-0.25, -0.2) is 8.42 Å². The minimum absolute atomic E-state index is 0.151. The quantitative estimate of drug-likeness (QED) is 0.818. The van der Waals surface area contributed by atoms with Crippen LogP contribution < -0.4 is 9.62 Å². The van der Waals surface area contributed by atoms with E-state index in [1.807, 2.05) is 12.1 Å². The summed E-state index contributed by atoms with van der Waals surface area (Å²) in [5, 5.41) is 13.4. The molecule has 0 aromatic heterocycles. The van der Waals surface area contributed by atoms with E-state index >= 15 is 0 Å². The van der Waals surface area contributed by atoms with E-state index in [0.717, 1.165) is 22.5 Å². The molecule has 1 fully saturated rings. The summed E-state index contributed by atoms with van der Waals surface area (Å²) in [6.07, 6.45) is 2.73. The highest BCUT2D eigenvalue weighted by Crippen LogP contribution is 2.42. The molecule has 1 aliphatic carbocycles. The number of amides is 1. The number of carbonyl (C=O) groups is 2. The molecule has 0 unspecified atom stereocenters. The highest BCUT2D eigenvalue weighted by atomic mass is 32.2. The fourth-order valence-corrected chi connectivity index (χ4v) is 5.95. The van der Waals surface area contributed by atoms with Crippen molar-refractivity contribution in [3.8, 4) is 0 Å². The zero-order chi connectivity index (χ0) is 19.2. The van der Waals surface area contributed by atoms with Gasteiger partial charge in [-0.15, -0.1) is 0 Å². The Morgan fingerprint density at radius 1 is 1.11 bits per heavy atom. The Kier molecular flexibility index (Phi) is 4.10. The van der Waals surface area contributed by atoms with Crippen LogP contribution in [0.2, 0.25) is 0 Å². The normalized spacial score (nSPS) is 19.3. The maximum atomic E-state index is 12.9. The summed E-state index contributed by atoms with van der Waals surface area (Å²) in [6.45, 7) is -0.364. The summed E-state index contributed by atoms with van der Waals surface area (Å²) >= 11 is 0. The minimum atomic E-state index is -3.81. The molecule has 0 atom stereocenters. The molecular formula is C19H20N2O5S. The molecule has 2 aliphatic rings. The summed E-state index contributed by atoms with van der Waals surface area (Å²) in [4.78, 5) is 24.1. The van der Waals surface area contributed by atoms with Crippen molar-refractivity contribution in [1.29, 1.82) is 0 Å². The lowest BCUT2D eigenvalue weighted by molar-refractivity contribution is -0.139. The predicted octanol–water partition coefficient (Wildman–Crippen LogP) is 2.25. The molecule has 2 aromatic carbocycles. The van der Waals surface area contributed by atoms with E-state index in [2.05, 4.69) is 5.32 Å². The van der Waals surface area contributed by atoms with Gasteiger partial charge < -0.3 is 10.4 Å². The highest BCUT2D eigenvalue weighted by molar-refractivity contribution is 7.93. The number of anilines is 1. The van der Waals surface area contributed by atoms with Gasteiger partial charge >= 0.3 is 5.97 Å². The Bertz CT molecular complexity index is 1040. The number of nitrogens with zero attached hydrogens (tertiary/aromatic N) is 1. The highest BCUT2D eigenvalue weighted by Gasteiger charge is 2.40. The van der Waals surface area contributed by atoms with E-state index < -0.39 is 27.4 Å². The molecule has 0 spiro atoms. The van der Waals surface area contributed by atoms with Gasteiger partial charge in [0.05, 0.1) is 22.5 Å². The van der Waals surface area contributed by atoms with Gasteiger partial charge in [0, 0.05) is 5.39 Å². The largest absolute Gasteiger partial charge is 0.481 e. The van der Waals surface area contributed by atoms with E-state index in [9.17, 15) is 23.1 Å². The summed E-state index contributed by atoms with van der Waals surface area (Å²) in [6, 6.07) is 10.3. The Morgan fingerprint density at radius 2 is 1.78 bits per heavy atom. The molecule has 27 heavy (non-hydrogen) atoms. The third-order valence-electron chi connectivity index (χ3n) is 5.42. The van der Waals surface area contributed by atoms with Crippen molar-refractivity contribution in [2.75, 3.05) is 10.8 Å². The van der Waals surface area contributed by atoms with Crippen LogP contribution in [0.4, 0.5) is 5.69 Å². The fourth-order valence-electron chi connectivity index (χ4n) is 4.28. The van der Waals surface area contributed by atoms with Crippen LogP contribution in [0, 0.1) is 0 Å². The van der Waals surface area contributed by atoms with Crippen molar-refractivity contribution < 1.29 is 23.1 Å². The molecule has 7 nitrogen and oxygen atoms in total. The number of benzene rings is 2. The first kappa shape index (κ1) is 17.8. The van der Waals surface area contributed by atoms with Crippen LogP contribution in [-0.4, -0.2) is 37.5 Å². The van der Waals surface area contributed by atoms with Gasteiger partial charge in [-0.1, -0.05) is 37.1 Å². The van der Waals surface area contributed by atoms with Crippen molar-refractivity contribution in [1.82, 2.24) is 5.32 Å². The molecule has 142 valence electrons. The number of sulfonamides is 1. The molecule has 1 amide bonds. The average Bonchev–Trinajstić information content (AvgIpc) is 3.13. The van der Waals surface area contributed by atoms with Gasteiger partial charge in [0.2, 0.25) is 5.91 Å². The summed E-state index contributed by atoms with van der Waals surface area (Å²) in [5.74, 6) is -1.45. The van der Waals surface area contributed by atoms with Crippen molar-refractivity contribution in [3.63, 3.8) is 0 Å². The number of carbonyl (C=O) groups excluding carboxylic acids is 1. The fraction of sp³-hybridized carbons (Fsp3) is 0.368. The number of carboxylic acids is 1. The number of hydrogen-bond acceptors (Lipinski definition) is 4. The predicted molar refractivity (Wildman–Crippen MR) is 100 cm³/mol. The van der Waals surface area contributed by atoms with Crippen LogP contribution in [0.25, 0.3) is 10.8 Å². The minimum Gasteiger partial charge on any atom is -0.481 e. The van der Waals surface area contributed by atoms with Crippen LogP contribution >= 0.6 is 0 Å². The lowest BCUT2D eigenvalue weighted by atomic mass is 9.93. The molecule has 1 heterocycles. The summed E-state index contributed by atoms with van der Waals surface area (Å²) < 4.78 is 27.0. The lowest BCUT2D eigenvalue weighted by Crippen LogP contribution is -2.51. The van der Waals surface area contributed by atoms with Crippen LogP contribution in [0.15, 0.2) is 41.3 Å². The van der Waals surface area contributed by atoms with Crippen LogP contribution in [-0.2, 0) is 19.6 Å². The number of aliphatic carboxylic acids is 1. The van der Waals surface area contributed by atoms with Crippen LogP contribution in [0.5, 0.6) is 0 Å². The average molecular weight is 388 g/mol. The van der Waals surface area contributed by atoms with E-state index in [1.165, 1.54) is 0 Å². The molecule has 4 rings (SSSR count). The summed E-state index contributed by atoms with van der Waals surface area (Å²) in [7, 11) is -3.81. The number of nitrogens with one attached hydrogen (secondary N) is 1.